The van der Waals surface area contributed by atoms with E-state index >= 15 is 0 Å². The number of carbonyl (C=O) groups excluding carboxylic acids is 1. The van der Waals surface area contributed by atoms with E-state index in [4.69, 9.17) is 4.98 Å². The summed E-state index contributed by atoms with van der Waals surface area (Å²) in [5.41, 5.74) is 1.27. The van der Waals surface area contributed by atoms with Crippen molar-refractivity contribution in [2.24, 2.45) is 13.0 Å². The lowest BCUT2D eigenvalue weighted by molar-refractivity contribution is 0.0715. The maximum absolute atomic E-state index is 13.2. The molecule has 2 aromatic heterocycles. The Balaban J connectivity index is 1.61. The van der Waals surface area contributed by atoms with Crippen molar-refractivity contribution >= 4 is 16.8 Å². The van der Waals surface area contributed by atoms with Gasteiger partial charge in [0.2, 0.25) is 0 Å². The summed E-state index contributed by atoms with van der Waals surface area (Å²) in [6, 6.07) is 9.05. The van der Waals surface area contributed by atoms with Crippen LogP contribution in [0.1, 0.15) is 48.0 Å². The fourth-order valence-electron chi connectivity index (χ4n) is 4.18. The molecule has 1 aromatic carbocycles. The zero-order chi connectivity index (χ0) is 19.3. The smallest absolute Gasteiger partial charge is 0.272 e. The summed E-state index contributed by atoms with van der Waals surface area (Å²) in [7, 11) is 1.77. The number of nitrogens with zero attached hydrogens (tertiary/aromatic N) is 5. The lowest BCUT2D eigenvalue weighted by atomic mass is 10.1. The van der Waals surface area contributed by atoms with E-state index in [2.05, 4.69) is 5.10 Å². The Morgan fingerprint density at radius 2 is 2.00 bits per heavy atom. The van der Waals surface area contributed by atoms with Crippen LogP contribution in [0.2, 0.25) is 0 Å². The molecule has 3 aromatic rings. The minimum absolute atomic E-state index is 0.00679. The molecular formula is C21H23N5O2. The fourth-order valence-corrected chi connectivity index (χ4v) is 4.18. The van der Waals surface area contributed by atoms with Crippen molar-refractivity contribution < 1.29 is 4.79 Å². The van der Waals surface area contributed by atoms with Crippen molar-refractivity contribution in [1.29, 1.82) is 0 Å². The van der Waals surface area contributed by atoms with Crippen LogP contribution in [0, 0.1) is 5.92 Å². The number of hydrogen-bond donors (Lipinski definition) is 0. The maximum atomic E-state index is 13.2. The molecular weight excluding hydrogens is 354 g/mol. The Kier molecular flexibility index (Phi) is 4.03. The van der Waals surface area contributed by atoms with Crippen LogP contribution in [0.3, 0.4) is 0 Å². The van der Waals surface area contributed by atoms with Gasteiger partial charge in [-0.3, -0.25) is 18.8 Å². The van der Waals surface area contributed by atoms with E-state index in [1.54, 1.807) is 24.0 Å². The second-order valence-corrected chi connectivity index (χ2v) is 7.84. The predicted molar refractivity (Wildman–Crippen MR) is 105 cm³/mol. The van der Waals surface area contributed by atoms with Gasteiger partial charge in [0.25, 0.3) is 11.5 Å². The third kappa shape index (κ3) is 2.82. The summed E-state index contributed by atoms with van der Waals surface area (Å²) < 4.78 is 3.43. The van der Waals surface area contributed by atoms with Gasteiger partial charge in [-0.25, -0.2) is 4.98 Å². The summed E-state index contributed by atoms with van der Waals surface area (Å²) >= 11 is 0. The molecule has 7 nitrogen and oxygen atoms in total. The van der Waals surface area contributed by atoms with Crippen LogP contribution in [0.4, 0.5) is 0 Å². The van der Waals surface area contributed by atoms with Crippen molar-refractivity contribution in [2.75, 3.05) is 6.54 Å². The van der Waals surface area contributed by atoms with E-state index < -0.39 is 0 Å². The standard InChI is InChI=1S/C21H23N5O2/c1-24-18(10-11-22-24)21(28)25-12-4-7-17(25)19-23-16-6-3-2-5-15(16)20(27)26(19)13-14-8-9-14/h2-3,5-6,10-11,14,17H,4,7-9,12-13H2,1H3. The summed E-state index contributed by atoms with van der Waals surface area (Å²) in [6.45, 7) is 1.36. The third-order valence-corrected chi connectivity index (χ3v) is 5.88. The SMILES string of the molecule is Cn1nccc1C(=O)N1CCCC1c1nc2ccccc2c(=O)n1CC1CC1. The summed E-state index contributed by atoms with van der Waals surface area (Å²) in [5, 5.41) is 4.77. The molecule has 144 valence electrons. The van der Waals surface area contributed by atoms with Gasteiger partial charge in [-0.15, -0.1) is 0 Å². The topological polar surface area (TPSA) is 73.0 Å². The average Bonchev–Trinajstić information content (AvgIpc) is 3.21. The first kappa shape index (κ1) is 17.2. The number of aryl methyl sites for hydroxylation is 1. The number of carbonyl (C=O) groups is 1. The third-order valence-electron chi connectivity index (χ3n) is 5.88. The number of para-hydroxylation sites is 1. The van der Waals surface area contributed by atoms with Crippen molar-refractivity contribution in [2.45, 2.75) is 38.3 Å². The highest BCUT2D eigenvalue weighted by molar-refractivity contribution is 5.93. The summed E-state index contributed by atoms with van der Waals surface area (Å²) in [5.74, 6) is 1.22. The monoisotopic (exact) mass is 377 g/mol. The van der Waals surface area contributed by atoms with Crippen LogP contribution in [-0.4, -0.2) is 36.7 Å². The van der Waals surface area contributed by atoms with Crippen LogP contribution in [-0.2, 0) is 13.6 Å². The highest BCUT2D eigenvalue weighted by atomic mass is 16.2. The van der Waals surface area contributed by atoms with E-state index in [1.165, 1.54) is 0 Å². The molecule has 7 heteroatoms. The van der Waals surface area contributed by atoms with Gasteiger partial charge in [-0.1, -0.05) is 12.1 Å². The fraction of sp³-hybridized carbons (Fsp3) is 0.429. The van der Waals surface area contributed by atoms with Gasteiger partial charge >= 0.3 is 0 Å². The minimum Gasteiger partial charge on any atom is -0.327 e. The molecule has 0 N–H and O–H groups in total. The van der Waals surface area contributed by atoms with Crippen molar-refractivity contribution in [3.8, 4) is 0 Å². The minimum atomic E-state index is -0.182. The highest BCUT2D eigenvalue weighted by Gasteiger charge is 2.36. The molecule has 3 heterocycles. The Morgan fingerprint density at radius 3 is 2.75 bits per heavy atom. The number of fused-ring (bicyclic) bond motifs is 1. The number of likely N-dealkylation sites (tertiary alicyclic amines) is 1. The zero-order valence-electron chi connectivity index (χ0n) is 15.9. The average molecular weight is 377 g/mol. The summed E-state index contributed by atoms with van der Waals surface area (Å²) in [4.78, 5) is 33.1. The molecule has 28 heavy (non-hydrogen) atoms. The Hall–Kier alpha value is -2.96. The molecule has 2 aliphatic rings. The van der Waals surface area contributed by atoms with Crippen molar-refractivity contribution in [3.63, 3.8) is 0 Å². The second kappa shape index (κ2) is 6.58. The van der Waals surface area contributed by atoms with Crippen LogP contribution in [0.25, 0.3) is 10.9 Å². The van der Waals surface area contributed by atoms with E-state index in [0.29, 0.717) is 35.6 Å². The van der Waals surface area contributed by atoms with Crippen LogP contribution >= 0.6 is 0 Å². The van der Waals surface area contributed by atoms with Gasteiger partial charge in [0.15, 0.2) is 0 Å². The first-order valence-corrected chi connectivity index (χ1v) is 9.92. The second-order valence-electron chi connectivity index (χ2n) is 7.84. The van der Waals surface area contributed by atoms with E-state index in [9.17, 15) is 9.59 Å². The lowest BCUT2D eigenvalue weighted by Gasteiger charge is -2.26. The molecule has 1 atom stereocenters. The first-order valence-electron chi connectivity index (χ1n) is 9.92. The molecule has 2 fully saturated rings. The summed E-state index contributed by atoms with van der Waals surface area (Å²) in [6.07, 6.45) is 5.66. The Bertz CT molecular complexity index is 1110. The largest absolute Gasteiger partial charge is 0.327 e. The van der Waals surface area contributed by atoms with E-state index in [-0.39, 0.29) is 17.5 Å². The van der Waals surface area contributed by atoms with Gasteiger partial charge in [0.05, 0.1) is 16.9 Å². The number of amides is 1. The molecule has 0 spiro atoms. The van der Waals surface area contributed by atoms with Gasteiger partial charge in [-0.2, -0.15) is 5.10 Å². The molecule has 1 saturated carbocycles. The quantitative estimate of drug-likeness (QED) is 0.700. The van der Waals surface area contributed by atoms with E-state index in [0.717, 1.165) is 31.5 Å². The molecule has 1 aliphatic heterocycles. The molecule has 1 aliphatic carbocycles. The van der Waals surface area contributed by atoms with Gasteiger partial charge < -0.3 is 4.90 Å². The number of hydrogen-bond acceptors (Lipinski definition) is 4. The van der Waals surface area contributed by atoms with Gasteiger partial charge in [-0.05, 0) is 49.8 Å². The van der Waals surface area contributed by atoms with Crippen LogP contribution in [0.15, 0.2) is 41.3 Å². The van der Waals surface area contributed by atoms with Crippen molar-refractivity contribution in [1.82, 2.24) is 24.2 Å². The number of rotatable bonds is 4. The molecule has 1 unspecified atom stereocenters. The van der Waals surface area contributed by atoms with Crippen molar-refractivity contribution in [3.05, 3.63) is 58.4 Å². The molecule has 0 radical (unpaired) electrons. The normalized spacial score (nSPS) is 19.5. The van der Waals surface area contributed by atoms with Gasteiger partial charge in [0.1, 0.15) is 11.5 Å². The number of benzene rings is 1. The van der Waals surface area contributed by atoms with Crippen LogP contribution < -0.4 is 5.56 Å². The lowest BCUT2D eigenvalue weighted by Crippen LogP contribution is -2.36. The Labute approximate surface area is 162 Å². The molecule has 1 amide bonds. The molecule has 1 saturated heterocycles. The number of aromatic nitrogens is 4. The predicted octanol–water partition coefficient (Wildman–Crippen LogP) is 2.52. The molecule has 5 rings (SSSR count). The van der Waals surface area contributed by atoms with Crippen LogP contribution in [0.5, 0.6) is 0 Å². The maximum Gasteiger partial charge on any atom is 0.272 e. The first-order chi connectivity index (χ1) is 13.6. The zero-order valence-corrected chi connectivity index (χ0v) is 15.9. The van der Waals surface area contributed by atoms with Gasteiger partial charge in [0, 0.05) is 26.3 Å². The highest BCUT2D eigenvalue weighted by Crippen LogP contribution is 2.35. The molecule has 0 bridgehead atoms. The van der Waals surface area contributed by atoms with E-state index in [1.807, 2.05) is 33.7 Å². The Morgan fingerprint density at radius 1 is 1.18 bits per heavy atom.